The Morgan fingerprint density at radius 3 is 2.17 bits per heavy atom. The van der Waals surface area contributed by atoms with Crippen molar-refractivity contribution in [2.75, 3.05) is 18.0 Å². The highest BCUT2D eigenvalue weighted by molar-refractivity contribution is 5.59. The number of anilines is 1. The van der Waals surface area contributed by atoms with E-state index >= 15 is 0 Å². The van der Waals surface area contributed by atoms with Crippen molar-refractivity contribution in [1.29, 1.82) is 0 Å². The lowest BCUT2D eigenvalue weighted by Gasteiger charge is -2.22. The van der Waals surface area contributed by atoms with E-state index in [0.717, 1.165) is 25.2 Å². The number of nitrogens with zero attached hydrogens (tertiary/aromatic N) is 2. The van der Waals surface area contributed by atoms with Crippen molar-refractivity contribution in [3.63, 3.8) is 0 Å². The molecule has 0 unspecified atom stereocenters. The maximum absolute atomic E-state index is 3.98. The predicted octanol–water partition coefficient (Wildman–Crippen LogP) is 5.46. The maximum Gasteiger partial charge on any atom is 0.0623 e. The van der Waals surface area contributed by atoms with Gasteiger partial charge in [-0.2, -0.15) is 0 Å². The van der Waals surface area contributed by atoms with E-state index in [1.165, 1.54) is 16.8 Å². The van der Waals surface area contributed by atoms with Crippen LogP contribution in [0.3, 0.4) is 0 Å². The fraction of sp³-hybridized carbons (Fsp3) is 0.286. The molecule has 2 aromatic rings. The molecule has 122 valence electrons. The standard InChI is InChI=1S/C14H21N.C7H7N/c1-5-12-9-10-14(11-13(12)6-2)15(7-3)8-4;1-2-7-5-3-4-6-8-7/h5,9-11H,1,6-8H2,2-4H3;2-6H,1H2. The van der Waals surface area contributed by atoms with Crippen LogP contribution in [0.1, 0.15) is 37.6 Å². The highest BCUT2D eigenvalue weighted by Crippen LogP contribution is 2.20. The number of aryl methyl sites for hydroxylation is 1. The highest BCUT2D eigenvalue weighted by atomic mass is 15.1. The number of aromatic nitrogens is 1. The predicted molar refractivity (Wildman–Crippen MR) is 104 cm³/mol. The fourth-order valence-electron chi connectivity index (χ4n) is 2.38. The summed E-state index contributed by atoms with van der Waals surface area (Å²) >= 11 is 0. The molecule has 0 spiro atoms. The smallest absolute Gasteiger partial charge is 0.0623 e. The van der Waals surface area contributed by atoms with Gasteiger partial charge in [-0.3, -0.25) is 4.98 Å². The molecule has 2 nitrogen and oxygen atoms in total. The molecule has 1 aromatic heterocycles. The summed E-state index contributed by atoms with van der Waals surface area (Å²) in [6.07, 6.45) is 6.47. The van der Waals surface area contributed by atoms with Crippen molar-refractivity contribution >= 4 is 17.8 Å². The molecule has 0 radical (unpaired) electrons. The van der Waals surface area contributed by atoms with Crippen molar-refractivity contribution in [2.24, 2.45) is 0 Å². The van der Waals surface area contributed by atoms with Crippen LogP contribution >= 0.6 is 0 Å². The number of hydrogen-bond acceptors (Lipinski definition) is 2. The lowest BCUT2D eigenvalue weighted by Crippen LogP contribution is -2.21. The summed E-state index contributed by atoms with van der Waals surface area (Å²) in [4.78, 5) is 6.35. The Bertz CT molecular complexity index is 598. The van der Waals surface area contributed by atoms with E-state index in [4.69, 9.17) is 0 Å². The van der Waals surface area contributed by atoms with E-state index in [1.54, 1.807) is 12.3 Å². The van der Waals surface area contributed by atoms with Crippen LogP contribution in [0, 0.1) is 0 Å². The third-order valence-electron chi connectivity index (χ3n) is 3.75. The van der Waals surface area contributed by atoms with Crippen molar-refractivity contribution < 1.29 is 0 Å². The van der Waals surface area contributed by atoms with Gasteiger partial charge in [-0.25, -0.2) is 0 Å². The Balaban J connectivity index is 0.000000277. The molecule has 0 atom stereocenters. The summed E-state index contributed by atoms with van der Waals surface area (Å²) in [7, 11) is 0. The van der Waals surface area contributed by atoms with E-state index in [1.807, 2.05) is 24.3 Å². The van der Waals surface area contributed by atoms with Gasteiger partial charge in [-0.05, 0) is 61.7 Å². The van der Waals surface area contributed by atoms with E-state index in [0.29, 0.717) is 0 Å². The minimum atomic E-state index is 0.924. The Morgan fingerprint density at radius 2 is 1.74 bits per heavy atom. The van der Waals surface area contributed by atoms with Crippen LogP contribution in [0.5, 0.6) is 0 Å². The Morgan fingerprint density at radius 1 is 1.00 bits per heavy atom. The van der Waals surface area contributed by atoms with Gasteiger partial charge in [0.25, 0.3) is 0 Å². The van der Waals surface area contributed by atoms with Crippen LogP contribution < -0.4 is 4.90 Å². The summed E-state index contributed by atoms with van der Waals surface area (Å²) in [6.45, 7) is 16.1. The van der Waals surface area contributed by atoms with Crippen molar-refractivity contribution in [3.8, 4) is 0 Å². The minimum Gasteiger partial charge on any atom is -0.372 e. The number of pyridine rings is 1. The Labute approximate surface area is 141 Å². The van der Waals surface area contributed by atoms with Crippen molar-refractivity contribution in [2.45, 2.75) is 27.2 Å². The van der Waals surface area contributed by atoms with Gasteiger partial charge in [0.1, 0.15) is 0 Å². The molecule has 0 bridgehead atoms. The largest absolute Gasteiger partial charge is 0.372 e. The van der Waals surface area contributed by atoms with Gasteiger partial charge in [0.05, 0.1) is 5.69 Å². The number of benzene rings is 1. The van der Waals surface area contributed by atoms with Crippen LogP contribution in [-0.4, -0.2) is 18.1 Å². The van der Waals surface area contributed by atoms with Crippen LogP contribution in [0.2, 0.25) is 0 Å². The van der Waals surface area contributed by atoms with Crippen LogP contribution in [0.25, 0.3) is 12.2 Å². The van der Waals surface area contributed by atoms with Gasteiger partial charge >= 0.3 is 0 Å². The zero-order chi connectivity index (χ0) is 17.1. The number of hydrogen-bond donors (Lipinski definition) is 0. The molecular formula is C21H28N2. The Hall–Kier alpha value is -2.35. The summed E-state index contributed by atoms with van der Waals surface area (Å²) in [5, 5.41) is 0. The molecule has 1 heterocycles. The Kier molecular flexibility index (Phi) is 8.45. The lowest BCUT2D eigenvalue weighted by molar-refractivity contribution is 0.864. The van der Waals surface area contributed by atoms with E-state index in [2.05, 4.69) is 62.0 Å². The third-order valence-corrected chi connectivity index (χ3v) is 3.75. The molecule has 1 aromatic carbocycles. The quantitative estimate of drug-likeness (QED) is 0.704. The van der Waals surface area contributed by atoms with Crippen LogP contribution in [0.15, 0.2) is 55.8 Å². The van der Waals surface area contributed by atoms with Gasteiger partial charge in [0, 0.05) is 25.0 Å². The van der Waals surface area contributed by atoms with E-state index in [-0.39, 0.29) is 0 Å². The molecule has 0 aliphatic carbocycles. The first-order chi connectivity index (χ1) is 11.2. The zero-order valence-corrected chi connectivity index (χ0v) is 14.6. The zero-order valence-electron chi connectivity index (χ0n) is 14.6. The molecule has 0 amide bonds. The molecule has 0 aliphatic rings. The summed E-state index contributed by atoms with van der Waals surface area (Å²) in [6, 6.07) is 12.4. The maximum atomic E-state index is 3.98. The van der Waals surface area contributed by atoms with E-state index < -0.39 is 0 Å². The third kappa shape index (κ3) is 5.74. The molecule has 0 saturated heterocycles. The van der Waals surface area contributed by atoms with Crippen LogP contribution in [-0.2, 0) is 6.42 Å². The first-order valence-corrected chi connectivity index (χ1v) is 8.23. The molecule has 0 fully saturated rings. The first-order valence-electron chi connectivity index (χ1n) is 8.23. The summed E-state index contributed by atoms with van der Waals surface area (Å²) in [5.74, 6) is 0. The van der Waals surface area contributed by atoms with Gasteiger partial charge in [-0.15, -0.1) is 0 Å². The average molecular weight is 308 g/mol. The van der Waals surface area contributed by atoms with Gasteiger partial charge < -0.3 is 4.90 Å². The molecular weight excluding hydrogens is 280 g/mol. The molecule has 23 heavy (non-hydrogen) atoms. The van der Waals surface area contributed by atoms with Crippen molar-refractivity contribution in [3.05, 3.63) is 72.6 Å². The first kappa shape index (κ1) is 18.7. The topological polar surface area (TPSA) is 16.1 Å². The molecule has 2 rings (SSSR count). The molecule has 0 aliphatic heterocycles. The lowest BCUT2D eigenvalue weighted by atomic mass is 10.0. The SMILES string of the molecule is C=Cc1ccc(N(CC)CC)cc1CC.C=Cc1ccccn1. The summed E-state index contributed by atoms with van der Waals surface area (Å²) in [5.41, 5.74) is 4.89. The van der Waals surface area contributed by atoms with Gasteiger partial charge in [0.2, 0.25) is 0 Å². The highest BCUT2D eigenvalue weighted by Gasteiger charge is 2.04. The second-order valence-electron chi connectivity index (χ2n) is 5.07. The molecule has 0 N–H and O–H groups in total. The van der Waals surface area contributed by atoms with Gasteiger partial charge in [0.15, 0.2) is 0 Å². The summed E-state index contributed by atoms with van der Waals surface area (Å²) < 4.78 is 0. The monoisotopic (exact) mass is 308 g/mol. The van der Waals surface area contributed by atoms with Crippen LogP contribution in [0.4, 0.5) is 5.69 Å². The van der Waals surface area contributed by atoms with Gasteiger partial charge in [-0.1, -0.05) is 38.3 Å². The minimum absolute atomic E-state index is 0.924. The van der Waals surface area contributed by atoms with E-state index in [9.17, 15) is 0 Å². The normalized spacial score (nSPS) is 9.52. The molecule has 0 saturated carbocycles. The number of rotatable bonds is 6. The van der Waals surface area contributed by atoms with Crippen molar-refractivity contribution in [1.82, 2.24) is 4.98 Å². The second kappa shape index (κ2) is 10.4. The molecule has 2 heteroatoms. The second-order valence-corrected chi connectivity index (χ2v) is 5.07. The fourth-order valence-corrected chi connectivity index (χ4v) is 2.38. The average Bonchev–Trinajstić information content (AvgIpc) is 2.63.